The molecule has 6 heteroatoms. The molecule has 12 aromatic rings. The van der Waals surface area contributed by atoms with Crippen molar-refractivity contribution in [3.63, 3.8) is 0 Å². The maximum Gasteiger partial charge on any atom is 0.166 e. The second-order valence-electron chi connectivity index (χ2n) is 15.5. The average molecular weight is 794 g/mol. The minimum absolute atomic E-state index is 0.530. The van der Waals surface area contributed by atoms with Crippen LogP contribution in [0.25, 0.3) is 117 Å². The van der Waals surface area contributed by atoms with Crippen molar-refractivity contribution in [1.29, 1.82) is 0 Å². The van der Waals surface area contributed by atoms with Gasteiger partial charge in [0.2, 0.25) is 0 Å². The molecule has 0 aliphatic heterocycles. The Labute approximate surface area is 357 Å². The smallest absolute Gasteiger partial charge is 0.166 e. The van der Waals surface area contributed by atoms with Gasteiger partial charge in [-0.05, 0) is 65.2 Å². The first kappa shape index (κ1) is 35.5. The highest BCUT2D eigenvalue weighted by Crippen LogP contribution is 2.41. The molecular formula is C56H35N5O. The second-order valence-corrected chi connectivity index (χ2v) is 15.5. The van der Waals surface area contributed by atoms with Gasteiger partial charge in [0.05, 0.1) is 16.7 Å². The van der Waals surface area contributed by atoms with Gasteiger partial charge >= 0.3 is 0 Å². The molecule has 0 amide bonds. The third-order valence-corrected chi connectivity index (χ3v) is 11.7. The van der Waals surface area contributed by atoms with Crippen LogP contribution in [0.15, 0.2) is 217 Å². The molecule has 12 rings (SSSR count). The molecule has 0 aliphatic carbocycles. The summed E-state index contributed by atoms with van der Waals surface area (Å²) in [5, 5.41) is 4.48. The zero-order valence-electron chi connectivity index (χ0n) is 33.4. The number of benzene rings is 8. The molecule has 0 atom stereocenters. The maximum atomic E-state index is 6.77. The average Bonchev–Trinajstić information content (AvgIpc) is 3.88. The molecule has 0 saturated carbocycles. The number of nitrogens with zero attached hydrogens (tertiary/aromatic N) is 5. The van der Waals surface area contributed by atoms with E-state index in [4.69, 9.17) is 24.4 Å². The van der Waals surface area contributed by atoms with Gasteiger partial charge in [0.1, 0.15) is 11.2 Å². The van der Waals surface area contributed by atoms with E-state index >= 15 is 0 Å². The van der Waals surface area contributed by atoms with Gasteiger partial charge in [-0.15, -0.1) is 0 Å². The van der Waals surface area contributed by atoms with Crippen LogP contribution >= 0.6 is 0 Å². The van der Waals surface area contributed by atoms with Gasteiger partial charge in [0.15, 0.2) is 17.5 Å². The molecular weight excluding hydrogens is 759 g/mol. The Morgan fingerprint density at radius 3 is 1.63 bits per heavy atom. The van der Waals surface area contributed by atoms with Crippen LogP contribution in [0, 0.1) is 0 Å². The van der Waals surface area contributed by atoms with Crippen molar-refractivity contribution in [3.8, 4) is 73.4 Å². The number of furan rings is 1. The van der Waals surface area contributed by atoms with Crippen molar-refractivity contribution in [2.75, 3.05) is 0 Å². The first-order chi connectivity index (χ1) is 30.7. The second kappa shape index (κ2) is 14.7. The Kier molecular flexibility index (Phi) is 8.38. The van der Waals surface area contributed by atoms with E-state index in [0.29, 0.717) is 17.5 Å². The minimum atomic E-state index is 0.530. The van der Waals surface area contributed by atoms with Gasteiger partial charge in [-0.3, -0.25) is 4.98 Å². The fraction of sp³-hybridized carbons (Fsp3) is 0. The molecule has 290 valence electrons. The lowest BCUT2D eigenvalue weighted by atomic mass is 9.97. The topological polar surface area (TPSA) is 69.6 Å². The van der Waals surface area contributed by atoms with Crippen LogP contribution < -0.4 is 0 Å². The van der Waals surface area contributed by atoms with Crippen molar-refractivity contribution in [1.82, 2.24) is 24.5 Å². The van der Waals surface area contributed by atoms with Crippen molar-refractivity contribution >= 4 is 43.7 Å². The summed E-state index contributed by atoms with van der Waals surface area (Å²) in [5.74, 6) is 1.70. The Hall–Kier alpha value is -8.48. The number of hydrogen-bond donors (Lipinski definition) is 0. The van der Waals surface area contributed by atoms with Gasteiger partial charge in [-0.1, -0.05) is 152 Å². The van der Waals surface area contributed by atoms with E-state index in [9.17, 15) is 0 Å². The van der Waals surface area contributed by atoms with E-state index in [1.165, 1.54) is 10.8 Å². The fourth-order valence-electron chi connectivity index (χ4n) is 8.70. The monoisotopic (exact) mass is 793 g/mol. The molecule has 4 aromatic heterocycles. The van der Waals surface area contributed by atoms with Crippen molar-refractivity contribution in [2.45, 2.75) is 0 Å². The highest BCUT2D eigenvalue weighted by molar-refractivity contribution is 6.17. The Bertz CT molecular complexity index is 3560. The summed E-state index contributed by atoms with van der Waals surface area (Å²) >= 11 is 0. The molecule has 0 saturated heterocycles. The van der Waals surface area contributed by atoms with Gasteiger partial charge in [0.25, 0.3) is 0 Å². The zero-order chi connectivity index (χ0) is 41.0. The van der Waals surface area contributed by atoms with Crippen molar-refractivity contribution in [2.24, 2.45) is 0 Å². The Balaban J connectivity index is 1.06. The van der Waals surface area contributed by atoms with Gasteiger partial charge in [0, 0.05) is 67.3 Å². The SMILES string of the molecule is c1ccc(-c2cccc(-c3cnc(-c4ccc5c(c4)oc4cc6c(cc45)c4ccccc4n6-c4ccccc4)c(-c4nc(-c5ccccc5)nc(-c5ccccc5)n4)c3)c2)cc1. The summed E-state index contributed by atoms with van der Waals surface area (Å²) in [7, 11) is 0. The maximum absolute atomic E-state index is 6.77. The van der Waals surface area contributed by atoms with Crippen molar-refractivity contribution in [3.05, 3.63) is 212 Å². The molecule has 6 nitrogen and oxygen atoms in total. The number of aromatic nitrogens is 5. The largest absolute Gasteiger partial charge is 0.456 e. The summed E-state index contributed by atoms with van der Waals surface area (Å²) in [6.07, 6.45) is 1.95. The number of para-hydroxylation sites is 2. The van der Waals surface area contributed by atoms with Crippen LogP contribution in [0.2, 0.25) is 0 Å². The normalized spacial score (nSPS) is 11.5. The highest BCUT2D eigenvalue weighted by atomic mass is 16.3. The fourth-order valence-corrected chi connectivity index (χ4v) is 8.70. The minimum Gasteiger partial charge on any atom is -0.456 e. The van der Waals surface area contributed by atoms with E-state index in [-0.39, 0.29) is 0 Å². The lowest BCUT2D eigenvalue weighted by Crippen LogP contribution is -2.02. The molecule has 0 radical (unpaired) electrons. The van der Waals surface area contributed by atoms with E-state index < -0.39 is 0 Å². The third-order valence-electron chi connectivity index (χ3n) is 11.7. The van der Waals surface area contributed by atoms with Crippen LogP contribution in [0.4, 0.5) is 0 Å². The van der Waals surface area contributed by atoms with Crippen LogP contribution in [-0.4, -0.2) is 24.5 Å². The van der Waals surface area contributed by atoms with Crippen LogP contribution in [0.3, 0.4) is 0 Å². The van der Waals surface area contributed by atoms with E-state index in [1.807, 2.05) is 72.9 Å². The standard InChI is InChI=1S/C56H35N5O/c1-5-16-36(17-6-1)39-22-15-23-40(30-39)42-31-48(56-59-54(37-18-7-2-8-19-37)58-55(60-56)38-20-9-3-10-21-38)53(57-35-42)41-28-29-45-47-33-46-44-26-13-14-27-49(44)61(43-24-11-4-12-25-43)50(46)34-52(47)62-51(45)32-41/h1-35H. The third kappa shape index (κ3) is 6.13. The molecule has 0 bridgehead atoms. The summed E-state index contributed by atoms with van der Waals surface area (Å²) in [6, 6.07) is 71.2. The highest BCUT2D eigenvalue weighted by Gasteiger charge is 2.21. The Morgan fingerprint density at radius 2 is 0.919 bits per heavy atom. The molecule has 0 unspecified atom stereocenters. The predicted octanol–water partition coefficient (Wildman–Crippen LogP) is 14.3. The van der Waals surface area contributed by atoms with E-state index in [0.717, 1.165) is 88.9 Å². The Morgan fingerprint density at radius 1 is 0.339 bits per heavy atom. The van der Waals surface area contributed by atoms with E-state index in [2.05, 4.69) is 144 Å². The van der Waals surface area contributed by atoms with Gasteiger partial charge in [-0.25, -0.2) is 15.0 Å². The molecule has 0 fully saturated rings. The number of fused-ring (bicyclic) bond motifs is 6. The summed E-state index contributed by atoms with van der Waals surface area (Å²) in [6.45, 7) is 0. The van der Waals surface area contributed by atoms with Crippen LogP contribution in [-0.2, 0) is 0 Å². The summed E-state index contributed by atoms with van der Waals surface area (Å²) in [4.78, 5) is 20.6. The summed E-state index contributed by atoms with van der Waals surface area (Å²) in [5.41, 5.74) is 13.5. The molecule has 62 heavy (non-hydrogen) atoms. The number of pyridine rings is 1. The summed E-state index contributed by atoms with van der Waals surface area (Å²) < 4.78 is 9.09. The quantitative estimate of drug-likeness (QED) is 0.161. The molecule has 0 N–H and O–H groups in total. The zero-order valence-corrected chi connectivity index (χ0v) is 33.4. The first-order valence-electron chi connectivity index (χ1n) is 20.7. The molecule has 8 aromatic carbocycles. The van der Waals surface area contributed by atoms with Gasteiger partial charge in [-0.2, -0.15) is 0 Å². The molecule has 0 spiro atoms. The van der Waals surface area contributed by atoms with Crippen LogP contribution in [0.5, 0.6) is 0 Å². The first-order valence-corrected chi connectivity index (χ1v) is 20.7. The van der Waals surface area contributed by atoms with Gasteiger partial charge < -0.3 is 8.98 Å². The van der Waals surface area contributed by atoms with Crippen LogP contribution in [0.1, 0.15) is 0 Å². The lowest BCUT2D eigenvalue weighted by Gasteiger charge is -2.14. The van der Waals surface area contributed by atoms with E-state index in [1.54, 1.807) is 0 Å². The number of rotatable bonds is 7. The van der Waals surface area contributed by atoms with Crippen molar-refractivity contribution < 1.29 is 4.42 Å². The predicted molar refractivity (Wildman–Crippen MR) is 252 cm³/mol. The number of hydrogen-bond acceptors (Lipinski definition) is 5. The molecule has 4 heterocycles. The molecule has 0 aliphatic rings. The lowest BCUT2D eigenvalue weighted by molar-refractivity contribution is 0.669.